The first-order valence-corrected chi connectivity index (χ1v) is 2.72. The lowest BCUT2D eigenvalue weighted by Gasteiger charge is -1.85. The summed E-state index contributed by atoms with van der Waals surface area (Å²) in [5.74, 6) is 0. The van der Waals surface area contributed by atoms with Gasteiger partial charge in [0.05, 0.1) is 6.18 Å². The zero-order valence-electron chi connectivity index (χ0n) is 6.22. The van der Waals surface area contributed by atoms with Gasteiger partial charge in [-0.15, -0.1) is 0 Å². The Morgan fingerprint density at radius 2 is 2.33 bits per heavy atom. The summed E-state index contributed by atoms with van der Waals surface area (Å²) < 4.78 is 41.6. The lowest BCUT2D eigenvalue weighted by Crippen LogP contribution is -2.15. The Hall–Kier alpha value is -0.0900. The average Bonchev–Trinajstić information content (AvgIpc) is 1.64. The minimum absolute atomic E-state index is 1.06. The van der Waals surface area contributed by atoms with Crippen LogP contribution in [0.15, 0.2) is 0 Å². The van der Waals surface area contributed by atoms with E-state index in [1.165, 1.54) is 0 Å². The Kier molecular flexibility index (Phi) is 0.597. The third kappa shape index (κ3) is 3.91. The molecule has 0 aromatic rings. The minimum atomic E-state index is -4.09. The normalized spacial score (nSPS) is 21.2. The van der Waals surface area contributed by atoms with E-state index < -0.39 is 16.2 Å². The van der Waals surface area contributed by atoms with Crippen molar-refractivity contribution in [2.24, 2.45) is 0 Å². The fraction of sp³-hybridized carbons (Fsp3) is 1.00. The Balaban J connectivity index is 4.57. The summed E-state index contributed by atoms with van der Waals surface area (Å²) >= 11 is 0. The van der Waals surface area contributed by atoms with Crippen LogP contribution in [0.5, 0.6) is 0 Å². The molecule has 0 aliphatic heterocycles. The van der Waals surface area contributed by atoms with Crippen molar-refractivity contribution in [2.75, 3.05) is 13.2 Å². The number of hydrogen-bond acceptors (Lipinski definition) is 2. The number of hydrogen-bond donors (Lipinski definition) is 1. The highest BCUT2D eigenvalue weighted by atomic mass is 32.2. The van der Waals surface area contributed by atoms with Crippen LogP contribution >= 0.6 is 0 Å². The zero-order chi connectivity index (χ0) is 7.71. The molecule has 0 radical (unpaired) electrons. The fourth-order valence-electron chi connectivity index (χ4n) is 0. The van der Waals surface area contributed by atoms with Crippen LogP contribution in [0.25, 0.3) is 0 Å². The van der Waals surface area contributed by atoms with Gasteiger partial charge in [-0.3, -0.25) is 0 Å². The molecule has 4 heteroatoms. The van der Waals surface area contributed by atoms with E-state index in [1.807, 2.05) is 0 Å². The van der Waals surface area contributed by atoms with Gasteiger partial charge in [0.25, 0.3) is 0 Å². The Bertz CT molecular complexity index is 180. The monoisotopic (exact) mass is 112 g/mol. The van der Waals surface area contributed by atoms with E-state index in [0.29, 0.717) is 0 Å². The molecule has 0 aromatic heterocycles. The molecule has 0 atom stereocenters. The summed E-state index contributed by atoms with van der Waals surface area (Å²) in [7, 11) is -3.03. The van der Waals surface area contributed by atoms with Gasteiger partial charge in [-0.2, -0.15) is 0 Å². The first-order valence-electron chi connectivity index (χ1n) is 2.74. The molecule has 0 unspecified atom stereocenters. The number of nitrogens with one attached hydrogen (secondary N) is 1. The maximum atomic E-state index is 10.3. The highest BCUT2D eigenvalue weighted by Crippen LogP contribution is 1.62. The predicted octanol–water partition coefficient (Wildman–Crippen LogP) is -0.835. The second-order valence-electron chi connectivity index (χ2n) is 0.708. The van der Waals surface area contributed by atoms with Gasteiger partial charge in [-0.1, -0.05) is 0 Å². The maximum absolute atomic E-state index is 10.3. The van der Waals surface area contributed by atoms with Crippen LogP contribution in [0.1, 0.15) is 4.11 Å². The lowest BCUT2D eigenvalue weighted by atomic mass is 11.6. The lowest BCUT2D eigenvalue weighted by molar-refractivity contribution is 0.594. The van der Waals surface area contributed by atoms with Crippen molar-refractivity contribution in [2.45, 2.75) is 0 Å². The molecule has 0 heterocycles. The van der Waals surface area contributed by atoms with Crippen LogP contribution in [-0.4, -0.2) is 21.6 Å². The van der Waals surface area contributed by atoms with Gasteiger partial charge in [0.1, 0.15) is 0 Å². The van der Waals surface area contributed by atoms with Crippen molar-refractivity contribution in [3.8, 4) is 0 Å². The van der Waals surface area contributed by atoms with E-state index in [9.17, 15) is 8.42 Å². The van der Waals surface area contributed by atoms with E-state index in [2.05, 4.69) is 0 Å². The van der Waals surface area contributed by atoms with Gasteiger partial charge in [0.15, 0.2) is 0 Å². The molecule has 38 valence electrons. The van der Waals surface area contributed by atoms with Crippen molar-refractivity contribution in [1.82, 2.24) is 4.72 Å². The van der Waals surface area contributed by atoms with Crippen LogP contribution in [-0.2, 0) is 10.0 Å². The highest BCUT2D eigenvalue weighted by Gasteiger charge is 1.88. The van der Waals surface area contributed by atoms with Crippen molar-refractivity contribution < 1.29 is 12.5 Å². The van der Waals surface area contributed by atoms with Crippen molar-refractivity contribution in [1.29, 1.82) is 0 Å². The topological polar surface area (TPSA) is 46.2 Å². The van der Waals surface area contributed by atoms with Gasteiger partial charge in [-0.25, -0.2) is 13.1 Å². The van der Waals surface area contributed by atoms with Crippen molar-refractivity contribution in [3.05, 3.63) is 0 Å². The predicted molar refractivity (Wildman–Crippen MR) is 23.9 cm³/mol. The summed E-state index contributed by atoms with van der Waals surface area (Å²) in [5.41, 5.74) is 0. The smallest absolute Gasteiger partial charge is 0.208 e. The molecule has 6 heavy (non-hydrogen) atoms. The number of sulfonamides is 1. The second kappa shape index (κ2) is 1.57. The molecule has 0 fully saturated rings. The standard InChI is InChI=1S/C2H7NO2S/c1-3-6(2,4)5/h3H,1-2H3/i2D3. The van der Waals surface area contributed by atoms with Crippen LogP contribution in [0.3, 0.4) is 0 Å². The largest absolute Gasteiger partial charge is 0.219 e. The summed E-state index contributed by atoms with van der Waals surface area (Å²) in [6.45, 7) is 0. The first kappa shape index (κ1) is 2.28. The summed E-state index contributed by atoms with van der Waals surface area (Å²) in [4.78, 5) is 0. The Labute approximate surface area is 41.6 Å². The molecule has 0 aliphatic rings. The zero-order valence-corrected chi connectivity index (χ0v) is 4.04. The van der Waals surface area contributed by atoms with Gasteiger partial charge in [-0.05, 0) is 7.05 Å². The first-order chi connectivity index (χ1) is 3.81. The minimum Gasteiger partial charge on any atom is -0.219 e. The van der Waals surface area contributed by atoms with Gasteiger partial charge < -0.3 is 0 Å². The van der Waals surface area contributed by atoms with Gasteiger partial charge in [0.2, 0.25) is 10.0 Å². The van der Waals surface area contributed by atoms with Crippen LogP contribution in [0.2, 0.25) is 0 Å². The second-order valence-corrected chi connectivity index (χ2v) is 2.12. The van der Waals surface area contributed by atoms with Crippen LogP contribution in [0, 0.1) is 0 Å². The Morgan fingerprint density at radius 1 is 1.83 bits per heavy atom. The highest BCUT2D eigenvalue weighted by molar-refractivity contribution is 7.88. The quantitative estimate of drug-likeness (QED) is 0.481. The van der Waals surface area contributed by atoms with Gasteiger partial charge in [0, 0.05) is 4.11 Å². The molecular weight excluding hydrogens is 102 g/mol. The van der Waals surface area contributed by atoms with E-state index in [0.717, 1.165) is 7.05 Å². The van der Waals surface area contributed by atoms with E-state index in [-0.39, 0.29) is 0 Å². The molecule has 0 spiro atoms. The summed E-state index contributed by atoms with van der Waals surface area (Å²) in [6.07, 6.45) is -2.94. The Morgan fingerprint density at radius 3 is 2.33 bits per heavy atom. The van der Waals surface area contributed by atoms with E-state index >= 15 is 0 Å². The summed E-state index contributed by atoms with van der Waals surface area (Å²) in [5, 5.41) is 0. The fourth-order valence-corrected chi connectivity index (χ4v) is 0. The molecule has 0 aromatic carbocycles. The molecule has 3 nitrogen and oxygen atoms in total. The third-order valence-electron chi connectivity index (χ3n) is 0.269. The molecule has 1 N–H and O–H groups in total. The van der Waals surface area contributed by atoms with E-state index in [1.54, 1.807) is 4.72 Å². The molecular formula is C2H7NO2S. The van der Waals surface area contributed by atoms with Crippen LogP contribution in [0.4, 0.5) is 0 Å². The molecule has 0 aliphatic carbocycles. The molecule has 0 rings (SSSR count). The third-order valence-corrected chi connectivity index (χ3v) is 0.806. The molecule has 0 bridgehead atoms. The SMILES string of the molecule is [2H]C([2H])([2H])S(=O)(=O)NC. The van der Waals surface area contributed by atoms with E-state index in [4.69, 9.17) is 4.11 Å². The molecule has 0 saturated carbocycles. The van der Waals surface area contributed by atoms with Crippen molar-refractivity contribution >= 4 is 10.0 Å². The molecule has 0 amide bonds. The average molecular weight is 112 g/mol. The number of rotatable bonds is 1. The maximum Gasteiger partial charge on any atom is 0.208 e. The van der Waals surface area contributed by atoms with Gasteiger partial charge >= 0.3 is 0 Å². The van der Waals surface area contributed by atoms with Crippen molar-refractivity contribution in [3.63, 3.8) is 0 Å². The van der Waals surface area contributed by atoms with Crippen LogP contribution < -0.4 is 4.72 Å². The molecule has 0 saturated heterocycles. The summed E-state index contributed by atoms with van der Waals surface area (Å²) in [6, 6.07) is 0.